The number of nitrogens with zero attached hydrogens (tertiary/aromatic N) is 4. The van der Waals surface area contributed by atoms with Gasteiger partial charge in [0.1, 0.15) is 0 Å². The van der Waals surface area contributed by atoms with Crippen molar-refractivity contribution in [2.75, 3.05) is 19.3 Å². The van der Waals surface area contributed by atoms with Crippen LogP contribution in [0.3, 0.4) is 0 Å². The molecule has 3 rings (SSSR count). The molecular formula is C18H20F3N5O3S. The fraction of sp³-hybridized carbons (Fsp3) is 0.333. The molecule has 30 heavy (non-hydrogen) atoms. The van der Waals surface area contributed by atoms with Crippen molar-refractivity contribution in [1.29, 1.82) is 0 Å². The summed E-state index contributed by atoms with van der Waals surface area (Å²) in [5.74, 6) is -2.78. The first-order valence-electron chi connectivity index (χ1n) is 8.61. The van der Waals surface area contributed by atoms with Crippen LogP contribution in [0.4, 0.5) is 18.3 Å². The molecule has 2 heterocycles. The maximum atomic E-state index is 12.5. The molecule has 12 heteroatoms. The summed E-state index contributed by atoms with van der Waals surface area (Å²) in [6.07, 6.45) is -5.08. The second-order valence-electron chi connectivity index (χ2n) is 6.41. The predicted molar refractivity (Wildman–Crippen MR) is 106 cm³/mol. The Balaban J connectivity index is 0.000000396. The summed E-state index contributed by atoms with van der Waals surface area (Å²) in [4.78, 5) is 27.4. The van der Waals surface area contributed by atoms with E-state index in [1.54, 1.807) is 18.0 Å². The number of aliphatic carboxylic acids is 1. The minimum Gasteiger partial charge on any atom is -0.475 e. The number of nitrogen functional groups attached to an aromatic ring is 1. The third-order valence-corrected chi connectivity index (χ3v) is 4.86. The van der Waals surface area contributed by atoms with E-state index in [2.05, 4.69) is 10.1 Å². The number of carbonyl (C=O) groups is 2. The Bertz CT molecular complexity index is 1060. The molecule has 0 unspecified atom stereocenters. The first-order chi connectivity index (χ1) is 13.9. The molecule has 0 saturated carbocycles. The number of fused-ring (bicyclic) bond motifs is 1. The molecule has 0 radical (unpaired) electrons. The van der Waals surface area contributed by atoms with Crippen molar-refractivity contribution in [3.05, 3.63) is 41.2 Å². The van der Waals surface area contributed by atoms with Gasteiger partial charge in [-0.25, -0.2) is 9.78 Å². The van der Waals surface area contributed by atoms with Crippen LogP contribution in [0, 0.1) is 13.8 Å². The second-order valence-corrected chi connectivity index (χ2v) is 7.48. The van der Waals surface area contributed by atoms with E-state index in [0.29, 0.717) is 23.8 Å². The largest absolute Gasteiger partial charge is 0.490 e. The molecular weight excluding hydrogens is 423 g/mol. The van der Waals surface area contributed by atoms with E-state index in [-0.39, 0.29) is 5.91 Å². The number of anilines is 1. The number of aryl methyl sites for hydroxylation is 2. The SMILES string of the molecule is Cc1cc(C)n(CCN(C)C(=O)c2ccc3sc(N)nc3c2)n1.O=C(O)C(F)(F)F. The molecule has 162 valence electrons. The Morgan fingerprint density at radius 2 is 1.90 bits per heavy atom. The summed E-state index contributed by atoms with van der Waals surface area (Å²) >= 11 is 1.42. The molecule has 1 amide bonds. The van der Waals surface area contributed by atoms with Gasteiger partial charge < -0.3 is 15.7 Å². The molecule has 8 nitrogen and oxygen atoms in total. The predicted octanol–water partition coefficient (Wildman–Crippen LogP) is 3.10. The third-order valence-electron chi connectivity index (χ3n) is 3.99. The Kier molecular flexibility index (Phi) is 7.03. The summed E-state index contributed by atoms with van der Waals surface area (Å²) in [6.45, 7) is 5.25. The zero-order chi connectivity index (χ0) is 22.6. The van der Waals surface area contributed by atoms with Crippen LogP contribution >= 0.6 is 11.3 Å². The number of nitrogens with two attached hydrogens (primary N) is 1. The van der Waals surface area contributed by atoms with E-state index >= 15 is 0 Å². The molecule has 0 atom stereocenters. The number of rotatable bonds is 4. The van der Waals surface area contributed by atoms with E-state index in [4.69, 9.17) is 15.6 Å². The highest BCUT2D eigenvalue weighted by atomic mass is 32.1. The lowest BCUT2D eigenvalue weighted by molar-refractivity contribution is -0.192. The zero-order valence-corrected chi connectivity index (χ0v) is 17.2. The van der Waals surface area contributed by atoms with Gasteiger partial charge in [0, 0.05) is 24.8 Å². The highest BCUT2D eigenvalue weighted by Gasteiger charge is 2.38. The number of aromatic nitrogens is 3. The maximum Gasteiger partial charge on any atom is 0.490 e. The summed E-state index contributed by atoms with van der Waals surface area (Å²) in [7, 11) is 1.80. The number of carbonyl (C=O) groups excluding carboxylic acids is 1. The molecule has 0 saturated heterocycles. The number of hydrogen-bond acceptors (Lipinski definition) is 6. The smallest absolute Gasteiger partial charge is 0.475 e. The highest BCUT2D eigenvalue weighted by molar-refractivity contribution is 7.22. The summed E-state index contributed by atoms with van der Waals surface area (Å²) < 4.78 is 34.6. The molecule has 2 aromatic heterocycles. The lowest BCUT2D eigenvalue weighted by Gasteiger charge is -2.17. The number of halogens is 3. The van der Waals surface area contributed by atoms with Gasteiger partial charge in [-0.15, -0.1) is 0 Å². The number of alkyl halides is 3. The number of thiazole rings is 1. The van der Waals surface area contributed by atoms with E-state index in [9.17, 15) is 18.0 Å². The summed E-state index contributed by atoms with van der Waals surface area (Å²) in [5.41, 5.74) is 9.19. The summed E-state index contributed by atoms with van der Waals surface area (Å²) in [5, 5.41) is 12.1. The number of likely N-dealkylation sites (N-methyl/N-ethyl adjacent to an activating group) is 1. The lowest BCUT2D eigenvalue weighted by atomic mass is 10.2. The molecule has 0 bridgehead atoms. The molecule has 1 aromatic carbocycles. The van der Waals surface area contributed by atoms with Gasteiger partial charge >= 0.3 is 12.1 Å². The molecule has 0 fully saturated rings. The van der Waals surface area contributed by atoms with Crippen molar-refractivity contribution in [1.82, 2.24) is 19.7 Å². The van der Waals surface area contributed by atoms with Crippen molar-refractivity contribution in [3.63, 3.8) is 0 Å². The van der Waals surface area contributed by atoms with Crippen LogP contribution in [0.2, 0.25) is 0 Å². The fourth-order valence-electron chi connectivity index (χ4n) is 2.55. The van der Waals surface area contributed by atoms with Gasteiger partial charge in [0.15, 0.2) is 5.13 Å². The van der Waals surface area contributed by atoms with Crippen molar-refractivity contribution in [2.24, 2.45) is 0 Å². The monoisotopic (exact) mass is 443 g/mol. The van der Waals surface area contributed by atoms with Crippen LogP contribution in [-0.2, 0) is 11.3 Å². The molecule has 0 spiro atoms. The number of carboxylic acids is 1. The van der Waals surface area contributed by atoms with Crippen LogP contribution in [0.15, 0.2) is 24.3 Å². The zero-order valence-electron chi connectivity index (χ0n) is 16.4. The lowest BCUT2D eigenvalue weighted by Crippen LogP contribution is -2.30. The average Bonchev–Trinajstić information content (AvgIpc) is 3.17. The van der Waals surface area contributed by atoms with Crippen LogP contribution < -0.4 is 5.73 Å². The highest BCUT2D eigenvalue weighted by Crippen LogP contribution is 2.24. The molecule has 0 aliphatic carbocycles. The van der Waals surface area contributed by atoms with E-state index in [1.165, 1.54) is 11.3 Å². The quantitative estimate of drug-likeness (QED) is 0.641. The van der Waals surface area contributed by atoms with Gasteiger partial charge in [0.05, 0.1) is 22.5 Å². The first kappa shape index (κ1) is 23.1. The Morgan fingerprint density at radius 1 is 1.27 bits per heavy atom. The number of amides is 1. The molecule has 0 aliphatic heterocycles. The van der Waals surface area contributed by atoms with Crippen LogP contribution in [0.1, 0.15) is 21.7 Å². The third kappa shape index (κ3) is 5.92. The standard InChI is InChI=1S/C16H19N5OS.C2HF3O2/c1-10-8-11(2)21(19-10)7-6-20(3)15(22)12-4-5-14-13(9-12)18-16(17)23-14;3-2(4,5)1(6)7/h4-5,8-9H,6-7H2,1-3H3,(H2,17,18);(H,6,7). The van der Waals surface area contributed by atoms with Crippen LogP contribution in [0.5, 0.6) is 0 Å². The van der Waals surface area contributed by atoms with Crippen molar-refractivity contribution in [2.45, 2.75) is 26.6 Å². The average molecular weight is 443 g/mol. The van der Waals surface area contributed by atoms with E-state index < -0.39 is 12.1 Å². The normalized spacial score (nSPS) is 11.1. The Morgan fingerprint density at radius 3 is 2.43 bits per heavy atom. The molecule has 0 aliphatic rings. The number of carboxylic acid groups (broad SMARTS) is 1. The van der Waals surface area contributed by atoms with Crippen molar-refractivity contribution in [3.8, 4) is 0 Å². The fourth-order valence-corrected chi connectivity index (χ4v) is 3.26. The van der Waals surface area contributed by atoms with Gasteiger partial charge in [0.25, 0.3) is 5.91 Å². The van der Waals surface area contributed by atoms with E-state index in [1.807, 2.05) is 36.7 Å². The number of benzene rings is 1. The maximum absolute atomic E-state index is 12.5. The van der Waals surface area contributed by atoms with Gasteiger partial charge in [-0.3, -0.25) is 9.48 Å². The van der Waals surface area contributed by atoms with Gasteiger partial charge in [0.2, 0.25) is 0 Å². The first-order valence-corrected chi connectivity index (χ1v) is 9.43. The Labute approximate surface area is 173 Å². The van der Waals surface area contributed by atoms with Crippen molar-refractivity contribution < 1.29 is 27.9 Å². The molecule has 3 aromatic rings. The minimum absolute atomic E-state index is 0.0278. The second kappa shape index (κ2) is 9.11. The minimum atomic E-state index is -5.08. The number of hydrogen-bond donors (Lipinski definition) is 2. The summed E-state index contributed by atoms with van der Waals surface area (Å²) in [6, 6.07) is 7.54. The topological polar surface area (TPSA) is 114 Å². The van der Waals surface area contributed by atoms with Gasteiger partial charge in [-0.05, 0) is 38.1 Å². The van der Waals surface area contributed by atoms with Gasteiger partial charge in [-0.1, -0.05) is 11.3 Å². The van der Waals surface area contributed by atoms with E-state index in [0.717, 1.165) is 21.6 Å². The Hall–Kier alpha value is -3.15. The molecule has 3 N–H and O–H groups in total. The van der Waals surface area contributed by atoms with Crippen LogP contribution in [-0.4, -0.2) is 56.4 Å². The van der Waals surface area contributed by atoms with Crippen LogP contribution in [0.25, 0.3) is 10.2 Å². The van der Waals surface area contributed by atoms with Gasteiger partial charge in [-0.2, -0.15) is 18.3 Å². The van der Waals surface area contributed by atoms with Crippen molar-refractivity contribution >= 4 is 38.6 Å².